The average Bonchev–Trinajstić information content (AvgIpc) is 3.13. The van der Waals surface area contributed by atoms with E-state index < -0.39 is 0 Å². The van der Waals surface area contributed by atoms with Gasteiger partial charge in [0.2, 0.25) is 0 Å². The quantitative estimate of drug-likeness (QED) is 0.793. The van der Waals surface area contributed by atoms with Crippen molar-refractivity contribution in [3.63, 3.8) is 0 Å². The summed E-state index contributed by atoms with van der Waals surface area (Å²) >= 11 is 0. The molecule has 0 spiro atoms. The van der Waals surface area contributed by atoms with Crippen LogP contribution in [0.4, 0.5) is 0 Å². The highest BCUT2D eigenvalue weighted by molar-refractivity contribution is 5.35. The lowest BCUT2D eigenvalue weighted by atomic mass is 10.0. The highest BCUT2D eigenvalue weighted by Gasteiger charge is 2.22. The van der Waals surface area contributed by atoms with E-state index in [-0.39, 0.29) is 0 Å². The Balaban J connectivity index is 2.08. The molecule has 1 aromatic rings. The number of nitrogens with one attached hydrogen (secondary N) is 1. The van der Waals surface area contributed by atoms with E-state index in [9.17, 15) is 0 Å². The monoisotopic (exact) mass is 219 g/mol. The molecule has 1 aliphatic rings. The maximum atomic E-state index is 5.91. The molecule has 2 rings (SSSR count). The van der Waals surface area contributed by atoms with Gasteiger partial charge in [-0.15, -0.1) is 0 Å². The van der Waals surface area contributed by atoms with Crippen LogP contribution in [0.5, 0.6) is 5.75 Å². The van der Waals surface area contributed by atoms with E-state index in [0.717, 1.165) is 24.7 Å². The molecule has 0 aromatic heterocycles. The van der Waals surface area contributed by atoms with Gasteiger partial charge in [-0.2, -0.15) is 0 Å². The molecule has 1 fully saturated rings. The van der Waals surface area contributed by atoms with Gasteiger partial charge in [-0.1, -0.05) is 25.1 Å². The number of hydrogen-bond donors (Lipinski definition) is 1. The molecule has 1 atom stereocenters. The summed E-state index contributed by atoms with van der Waals surface area (Å²) in [6.07, 6.45) is 3.76. The van der Waals surface area contributed by atoms with E-state index in [2.05, 4.69) is 30.4 Å². The topological polar surface area (TPSA) is 21.3 Å². The van der Waals surface area contributed by atoms with Crippen LogP contribution in [0.3, 0.4) is 0 Å². The summed E-state index contributed by atoms with van der Waals surface area (Å²) in [5.74, 6) is 1.86. The van der Waals surface area contributed by atoms with Crippen LogP contribution < -0.4 is 10.1 Å². The number of ether oxygens (including phenoxy) is 1. The minimum Gasteiger partial charge on any atom is -0.493 e. The first kappa shape index (κ1) is 11.5. The summed E-state index contributed by atoms with van der Waals surface area (Å²) < 4.78 is 5.91. The van der Waals surface area contributed by atoms with Crippen LogP contribution in [0.2, 0.25) is 0 Å². The molecule has 0 aliphatic heterocycles. The minimum atomic E-state index is 0.399. The van der Waals surface area contributed by atoms with Gasteiger partial charge in [-0.25, -0.2) is 0 Å². The second-order valence-corrected chi connectivity index (χ2v) is 4.54. The Hall–Kier alpha value is -1.02. The van der Waals surface area contributed by atoms with Crippen molar-refractivity contribution >= 4 is 0 Å². The Morgan fingerprint density at radius 3 is 2.75 bits per heavy atom. The molecule has 2 heteroatoms. The van der Waals surface area contributed by atoms with E-state index in [1.807, 2.05) is 13.1 Å². The lowest BCUT2D eigenvalue weighted by Crippen LogP contribution is -2.16. The number of benzene rings is 1. The van der Waals surface area contributed by atoms with Crippen molar-refractivity contribution in [3.8, 4) is 5.75 Å². The molecule has 88 valence electrons. The minimum absolute atomic E-state index is 0.399. The molecule has 0 amide bonds. The van der Waals surface area contributed by atoms with Gasteiger partial charge < -0.3 is 10.1 Å². The van der Waals surface area contributed by atoms with E-state index in [1.165, 1.54) is 18.4 Å². The van der Waals surface area contributed by atoms with Crippen molar-refractivity contribution in [2.75, 3.05) is 13.7 Å². The Bertz CT molecular complexity index is 329. The van der Waals surface area contributed by atoms with Crippen molar-refractivity contribution in [1.82, 2.24) is 5.32 Å². The average molecular weight is 219 g/mol. The first-order valence-corrected chi connectivity index (χ1v) is 6.24. The largest absolute Gasteiger partial charge is 0.493 e. The van der Waals surface area contributed by atoms with Crippen LogP contribution in [-0.2, 0) is 0 Å². The molecule has 2 nitrogen and oxygen atoms in total. The Labute approximate surface area is 98.0 Å². The Morgan fingerprint density at radius 2 is 2.12 bits per heavy atom. The van der Waals surface area contributed by atoms with Gasteiger partial charge in [0, 0.05) is 11.6 Å². The van der Waals surface area contributed by atoms with Crippen LogP contribution in [-0.4, -0.2) is 13.7 Å². The summed E-state index contributed by atoms with van der Waals surface area (Å²) in [5, 5.41) is 3.33. The standard InChI is InChI=1S/C14H21NO/c1-3-13(15-2)12-6-4-5-7-14(12)16-10-11-8-9-11/h4-7,11,13,15H,3,8-10H2,1-2H3. The van der Waals surface area contributed by atoms with Crippen molar-refractivity contribution in [3.05, 3.63) is 29.8 Å². The van der Waals surface area contributed by atoms with Crippen molar-refractivity contribution in [2.45, 2.75) is 32.2 Å². The van der Waals surface area contributed by atoms with Crippen LogP contribution in [0.25, 0.3) is 0 Å². The fraction of sp³-hybridized carbons (Fsp3) is 0.571. The zero-order valence-electron chi connectivity index (χ0n) is 10.2. The Morgan fingerprint density at radius 1 is 1.38 bits per heavy atom. The highest BCUT2D eigenvalue weighted by atomic mass is 16.5. The summed E-state index contributed by atoms with van der Waals surface area (Å²) in [7, 11) is 2.01. The van der Waals surface area contributed by atoms with E-state index in [4.69, 9.17) is 4.74 Å². The molecule has 0 heterocycles. The first-order chi connectivity index (χ1) is 7.85. The van der Waals surface area contributed by atoms with Gasteiger partial charge >= 0.3 is 0 Å². The van der Waals surface area contributed by atoms with Crippen LogP contribution in [0.15, 0.2) is 24.3 Å². The zero-order chi connectivity index (χ0) is 11.4. The van der Waals surface area contributed by atoms with Crippen LogP contribution in [0, 0.1) is 5.92 Å². The predicted molar refractivity (Wildman–Crippen MR) is 66.8 cm³/mol. The molecule has 1 aromatic carbocycles. The lowest BCUT2D eigenvalue weighted by molar-refractivity contribution is 0.293. The molecule has 1 aliphatic carbocycles. The molecule has 0 radical (unpaired) electrons. The molecular weight excluding hydrogens is 198 g/mol. The van der Waals surface area contributed by atoms with Gasteiger partial charge in [0.25, 0.3) is 0 Å². The third-order valence-corrected chi connectivity index (χ3v) is 3.22. The Kier molecular flexibility index (Phi) is 3.83. The van der Waals surface area contributed by atoms with Crippen molar-refractivity contribution in [2.24, 2.45) is 5.92 Å². The lowest BCUT2D eigenvalue weighted by Gasteiger charge is -2.18. The zero-order valence-corrected chi connectivity index (χ0v) is 10.2. The molecule has 1 N–H and O–H groups in total. The van der Waals surface area contributed by atoms with Gasteiger partial charge in [-0.3, -0.25) is 0 Å². The molecule has 1 saturated carbocycles. The molecule has 16 heavy (non-hydrogen) atoms. The fourth-order valence-corrected chi connectivity index (χ4v) is 1.97. The predicted octanol–water partition coefficient (Wildman–Crippen LogP) is 3.15. The van der Waals surface area contributed by atoms with Gasteiger partial charge in [-0.05, 0) is 38.3 Å². The first-order valence-electron chi connectivity index (χ1n) is 6.24. The van der Waals surface area contributed by atoms with E-state index in [1.54, 1.807) is 0 Å². The van der Waals surface area contributed by atoms with E-state index in [0.29, 0.717) is 6.04 Å². The highest BCUT2D eigenvalue weighted by Crippen LogP contribution is 2.32. The van der Waals surface area contributed by atoms with Crippen LogP contribution in [0.1, 0.15) is 37.8 Å². The second-order valence-electron chi connectivity index (χ2n) is 4.54. The maximum Gasteiger partial charge on any atom is 0.124 e. The molecule has 1 unspecified atom stereocenters. The number of hydrogen-bond acceptors (Lipinski definition) is 2. The molecule has 0 saturated heterocycles. The maximum absolute atomic E-state index is 5.91. The van der Waals surface area contributed by atoms with Gasteiger partial charge in [0.15, 0.2) is 0 Å². The van der Waals surface area contributed by atoms with Crippen molar-refractivity contribution < 1.29 is 4.74 Å². The van der Waals surface area contributed by atoms with Gasteiger partial charge in [0.1, 0.15) is 5.75 Å². The third kappa shape index (κ3) is 2.76. The number of para-hydroxylation sites is 1. The number of rotatable bonds is 6. The fourth-order valence-electron chi connectivity index (χ4n) is 1.97. The molecule has 0 bridgehead atoms. The van der Waals surface area contributed by atoms with Gasteiger partial charge in [0.05, 0.1) is 6.61 Å². The normalized spacial score (nSPS) is 17.1. The summed E-state index contributed by atoms with van der Waals surface area (Å²) in [5.41, 5.74) is 1.29. The third-order valence-electron chi connectivity index (χ3n) is 3.22. The molecular formula is C14H21NO. The SMILES string of the molecule is CCC(NC)c1ccccc1OCC1CC1. The van der Waals surface area contributed by atoms with E-state index >= 15 is 0 Å². The van der Waals surface area contributed by atoms with Crippen molar-refractivity contribution in [1.29, 1.82) is 0 Å². The summed E-state index contributed by atoms with van der Waals surface area (Å²) in [6, 6.07) is 8.77. The summed E-state index contributed by atoms with van der Waals surface area (Å²) in [6.45, 7) is 3.08. The van der Waals surface area contributed by atoms with Crippen LogP contribution >= 0.6 is 0 Å². The smallest absolute Gasteiger partial charge is 0.124 e. The summed E-state index contributed by atoms with van der Waals surface area (Å²) in [4.78, 5) is 0. The second kappa shape index (κ2) is 5.35.